The first-order valence-corrected chi connectivity index (χ1v) is 6.10. The molecular weight excluding hydrogens is 182 g/mol. The minimum Gasteiger partial charge on any atom is -0.296 e. The molecule has 1 aliphatic heterocycles. The molecule has 1 heterocycles. The third-order valence-electron chi connectivity index (χ3n) is 3.72. The van der Waals surface area contributed by atoms with E-state index in [0.717, 1.165) is 5.92 Å². The molecule has 1 fully saturated rings. The standard InChI is InChI=1S/C14H21N/c1-3-13-9-10-15(11-13)12(2)14-7-5-4-6-8-14/h4-8,12-13H,3,9-11H2,1-2H3/t12-,13?/m1/s1. The molecule has 0 saturated carbocycles. The molecule has 0 spiro atoms. The van der Waals surface area contributed by atoms with E-state index < -0.39 is 0 Å². The summed E-state index contributed by atoms with van der Waals surface area (Å²) in [4.78, 5) is 2.61. The van der Waals surface area contributed by atoms with E-state index in [1.165, 1.54) is 31.5 Å². The van der Waals surface area contributed by atoms with E-state index in [4.69, 9.17) is 0 Å². The fourth-order valence-electron chi connectivity index (χ4n) is 2.49. The number of hydrogen-bond donors (Lipinski definition) is 0. The van der Waals surface area contributed by atoms with Crippen molar-refractivity contribution in [3.8, 4) is 0 Å². The Morgan fingerprint density at radius 2 is 2.07 bits per heavy atom. The van der Waals surface area contributed by atoms with Crippen molar-refractivity contribution in [3.05, 3.63) is 35.9 Å². The highest BCUT2D eigenvalue weighted by Crippen LogP contribution is 2.28. The average Bonchev–Trinajstić information content (AvgIpc) is 2.78. The van der Waals surface area contributed by atoms with Gasteiger partial charge in [0.2, 0.25) is 0 Å². The summed E-state index contributed by atoms with van der Waals surface area (Å²) in [5, 5.41) is 0. The zero-order valence-electron chi connectivity index (χ0n) is 9.82. The molecule has 1 saturated heterocycles. The van der Waals surface area contributed by atoms with E-state index in [1.54, 1.807) is 0 Å². The molecule has 0 N–H and O–H groups in total. The lowest BCUT2D eigenvalue weighted by Gasteiger charge is -2.24. The predicted molar refractivity (Wildman–Crippen MR) is 64.8 cm³/mol. The van der Waals surface area contributed by atoms with Crippen molar-refractivity contribution >= 4 is 0 Å². The SMILES string of the molecule is CCC1CCN([C@H](C)c2ccccc2)C1. The first-order chi connectivity index (χ1) is 7.31. The number of benzene rings is 1. The Balaban J connectivity index is 2.00. The molecule has 15 heavy (non-hydrogen) atoms. The Bertz CT molecular complexity index is 293. The van der Waals surface area contributed by atoms with Crippen molar-refractivity contribution < 1.29 is 0 Å². The van der Waals surface area contributed by atoms with Crippen LogP contribution in [0.3, 0.4) is 0 Å². The van der Waals surface area contributed by atoms with Crippen molar-refractivity contribution in [3.63, 3.8) is 0 Å². The third-order valence-corrected chi connectivity index (χ3v) is 3.72. The molecule has 0 amide bonds. The molecule has 2 atom stereocenters. The van der Waals surface area contributed by atoms with Gasteiger partial charge in [0.05, 0.1) is 0 Å². The van der Waals surface area contributed by atoms with E-state index >= 15 is 0 Å². The van der Waals surface area contributed by atoms with Crippen LogP contribution < -0.4 is 0 Å². The minimum atomic E-state index is 0.586. The molecule has 1 heteroatoms. The van der Waals surface area contributed by atoms with Gasteiger partial charge < -0.3 is 0 Å². The monoisotopic (exact) mass is 203 g/mol. The summed E-state index contributed by atoms with van der Waals surface area (Å²) in [7, 11) is 0. The molecule has 0 radical (unpaired) electrons. The van der Waals surface area contributed by atoms with E-state index in [2.05, 4.69) is 49.1 Å². The van der Waals surface area contributed by atoms with Crippen LogP contribution in [-0.2, 0) is 0 Å². The second-order valence-corrected chi connectivity index (χ2v) is 4.64. The van der Waals surface area contributed by atoms with Gasteiger partial charge in [-0.3, -0.25) is 4.90 Å². The smallest absolute Gasteiger partial charge is 0.0319 e. The zero-order valence-corrected chi connectivity index (χ0v) is 9.82. The molecule has 1 nitrogen and oxygen atoms in total. The molecule has 0 bridgehead atoms. The van der Waals surface area contributed by atoms with Gasteiger partial charge in [0.25, 0.3) is 0 Å². The van der Waals surface area contributed by atoms with Crippen LogP contribution in [0.2, 0.25) is 0 Å². The highest BCUT2D eigenvalue weighted by atomic mass is 15.2. The Morgan fingerprint density at radius 3 is 2.67 bits per heavy atom. The summed E-state index contributed by atoms with van der Waals surface area (Å²) in [6, 6.07) is 11.4. The van der Waals surface area contributed by atoms with Crippen LogP contribution in [-0.4, -0.2) is 18.0 Å². The first kappa shape index (κ1) is 10.7. The zero-order chi connectivity index (χ0) is 10.7. The molecule has 82 valence electrons. The maximum Gasteiger partial charge on any atom is 0.0319 e. The average molecular weight is 203 g/mol. The Labute approximate surface area is 93.1 Å². The molecular formula is C14H21N. The topological polar surface area (TPSA) is 3.24 Å². The Kier molecular flexibility index (Phi) is 3.42. The van der Waals surface area contributed by atoms with Crippen molar-refractivity contribution in [2.24, 2.45) is 5.92 Å². The quantitative estimate of drug-likeness (QED) is 0.727. The molecule has 0 aliphatic carbocycles. The summed E-state index contributed by atoms with van der Waals surface area (Å²) >= 11 is 0. The van der Waals surface area contributed by atoms with Gasteiger partial charge in [-0.2, -0.15) is 0 Å². The van der Waals surface area contributed by atoms with Gasteiger partial charge in [-0.05, 0) is 31.4 Å². The summed E-state index contributed by atoms with van der Waals surface area (Å²) in [6.45, 7) is 7.19. The van der Waals surface area contributed by atoms with Crippen LogP contribution in [0.5, 0.6) is 0 Å². The lowest BCUT2D eigenvalue weighted by atomic mass is 10.1. The number of nitrogens with zero attached hydrogens (tertiary/aromatic N) is 1. The fourth-order valence-corrected chi connectivity index (χ4v) is 2.49. The van der Waals surface area contributed by atoms with Crippen molar-refractivity contribution in [2.75, 3.05) is 13.1 Å². The molecule has 1 aromatic rings. The largest absolute Gasteiger partial charge is 0.296 e. The van der Waals surface area contributed by atoms with Crippen LogP contribution in [0.25, 0.3) is 0 Å². The number of hydrogen-bond acceptors (Lipinski definition) is 1. The first-order valence-electron chi connectivity index (χ1n) is 6.10. The van der Waals surface area contributed by atoms with Crippen molar-refractivity contribution in [2.45, 2.75) is 32.7 Å². The number of likely N-dealkylation sites (tertiary alicyclic amines) is 1. The number of rotatable bonds is 3. The lowest BCUT2D eigenvalue weighted by Crippen LogP contribution is -2.24. The maximum atomic E-state index is 2.61. The van der Waals surface area contributed by atoms with E-state index in [0.29, 0.717) is 6.04 Å². The maximum absolute atomic E-state index is 2.61. The molecule has 0 aromatic heterocycles. The van der Waals surface area contributed by atoms with Crippen LogP contribution in [0.15, 0.2) is 30.3 Å². The highest BCUT2D eigenvalue weighted by Gasteiger charge is 2.25. The summed E-state index contributed by atoms with van der Waals surface area (Å²) in [6.07, 6.45) is 2.71. The van der Waals surface area contributed by atoms with Gasteiger partial charge in [-0.25, -0.2) is 0 Å². The summed E-state index contributed by atoms with van der Waals surface area (Å²) < 4.78 is 0. The minimum absolute atomic E-state index is 0.586. The Hall–Kier alpha value is -0.820. The van der Waals surface area contributed by atoms with Crippen molar-refractivity contribution in [1.82, 2.24) is 4.90 Å². The van der Waals surface area contributed by atoms with Crippen LogP contribution in [0, 0.1) is 5.92 Å². The third kappa shape index (κ3) is 2.40. The highest BCUT2D eigenvalue weighted by molar-refractivity contribution is 5.18. The van der Waals surface area contributed by atoms with Crippen LogP contribution in [0.1, 0.15) is 38.3 Å². The van der Waals surface area contributed by atoms with Gasteiger partial charge in [-0.15, -0.1) is 0 Å². The van der Waals surface area contributed by atoms with E-state index in [9.17, 15) is 0 Å². The van der Waals surface area contributed by atoms with Gasteiger partial charge in [0.1, 0.15) is 0 Å². The Morgan fingerprint density at radius 1 is 1.33 bits per heavy atom. The predicted octanol–water partition coefficient (Wildman–Crippen LogP) is 3.48. The van der Waals surface area contributed by atoms with Gasteiger partial charge in [-0.1, -0.05) is 43.7 Å². The second kappa shape index (κ2) is 4.80. The summed E-state index contributed by atoms with van der Waals surface area (Å²) in [5.74, 6) is 0.927. The van der Waals surface area contributed by atoms with Gasteiger partial charge in [0, 0.05) is 12.6 Å². The second-order valence-electron chi connectivity index (χ2n) is 4.64. The molecule has 2 rings (SSSR count). The molecule has 1 aliphatic rings. The van der Waals surface area contributed by atoms with E-state index in [-0.39, 0.29) is 0 Å². The summed E-state index contributed by atoms with van der Waals surface area (Å²) in [5.41, 5.74) is 1.45. The normalized spacial score (nSPS) is 24.3. The van der Waals surface area contributed by atoms with Gasteiger partial charge >= 0.3 is 0 Å². The van der Waals surface area contributed by atoms with Crippen LogP contribution in [0.4, 0.5) is 0 Å². The van der Waals surface area contributed by atoms with Crippen LogP contribution >= 0.6 is 0 Å². The van der Waals surface area contributed by atoms with E-state index in [1.807, 2.05) is 0 Å². The van der Waals surface area contributed by atoms with Crippen molar-refractivity contribution in [1.29, 1.82) is 0 Å². The lowest BCUT2D eigenvalue weighted by molar-refractivity contribution is 0.252. The molecule has 1 aromatic carbocycles. The molecule has 1 unspecified atom stereocenters. The van der Waals surface area contributed by atoms with Gasteiger partial charge in [0.15, 0.2) is 0 Å². The fraction of sp³-hybridized carbons (Fsp3) is 0.571.